The number of ether oxygens (including phenoxy) is 2. The van der Waals surface area contributed by atoms with E-state index in [9.17, 15) is 13.2 Å². The molecule has 0 saturated carbocycles. The highest BCUT2D eigenvalue weighted by molar-refractivity contribution is 5.85. The highest BCUT2D eigenvalue weighted by atomic mass is 35.5. The Morgan fingerprint density at radius 3 is 2.44 bits per heavy atom. The third kappa shape index (κ3) is 6.56. The number of alkyl halides is 3. The molecular formula is C17H26ClF3N2O2. The Morgan fingerprint density at radius 2 is 1.88 bits per heavy atom. The standard InChI is InChI=1S/C17H25F3N2O2.ClH/c1-3-24-16-12-13(4-5-15(16)23-2)14(6-7-17(18,19)20)22-10-8-21-9-11-22;/h4-5,12,14,21H,3,6-11H2,1-2H3;1H/t14-;/m0./s1. The average Bonchev–Trinajstić information content (AvgIpc) is 2.55. The van der Waals surface area contributed by atoms with Crippen molar-refractivity contribution in [3.8, 4) is 11.5 Å². The number of piperazine rings is 1. The Balaban J connectivity index is 0.00000312. The van der Waals surface area contributed by atoms with E-state index in [0.29, 0.717) is 18.1 Å². The van der Waals surface area contributed by atoms with Gasteiger partial charge in [-0.25, -0.2) is 0 Å². The Kier molecular flexibility index (Phi) is 8.82. The molecule has 0 unspecified atom stereocenters. The van der Waals surface area contributed by atoms with Gasteiger partial charge in [0.1, 0.15) is 0 Å². The van der Waals surface area contributed by atoms with Crippen molar-refractivity contribution in [1.29, 1.82) is 0 Å². The Morgan fingerprint density at radius 1 is 1.20 bits per heavy atom. The summed E-state index contributed by atoms with van der Waals surface area (Å²) < 4.78 is 49.1. The number of benzene rings is 1. The lowest BCUT2D eigenvalue weighted by atomic mass is 9.98. The van der Waals surface area contributed by atoms with Crippen LogP contribution in [0.4, 0.5) is 13.2 Å². The number of nitrogens with zero attached hydrogens (tertiary/aromatic N) is 1. The summed E-state index contributed by atoms with van der Waals surface area (Å²) in [5.41, 5.74) is 0.838. The van der Waals surface area contributed by atoms with Crippen molar-refractivity contribution in [2.45, 2.75) is 32.0 Å². The van der Waals surface area contributed by atoms with Crippen LogP contribution in [0.15, 0.2) is 18.2 Å². The summed E-state index contributed by atoms with van der Waals surface area (Å²) >= 11 is 0. The van der Waals surface area contributed by atoms with Crippen molar-refractivity contribution >= 4 is 12.4 Å². The monoisotopic (exact) mass is 382 g/mol. The van der Waals surface area contributed by atoms with E-state index in [4.69, 9.17) is 9.47 Å². The third-order valence-corrected chi connectivity index (χ3v) is 4.17. The second-order valence-corrected chi connectivity index (χ2v) is 5.80. The fourth-order valence-corrected chi connectivity index (χ4v) is 3.02. The first-order valence-corrected chi connectivity index (χ1v) is 8.27. The maximum absolute atomic E-state index is 12.7. The van der Waals surface area contributed by atoms with Gasteiger partial charge in [-0.3, -0.25) is 4.90 Å². The van der Waals surface area contributed by atoms with E-state index in [-0.39, 0.29) is 24.9 Å². The lowest BCUT2D eigenvalue weighted by molar-refractivity contribution is -0.138. The van der Waals surface area contributed by atoms with E-state index in [1.807, 2.05) is 19.1 Å². The fourth-order valence-electron chi connectivity index (χ4n) is 3.02. The maximum Gasteiger partial charge on any atom is 0.389 e. The second-order valence-electron chi connectivity index (χ2n) is 5.80. The highest BCUT2D eigenvalue weighted by Crippen LogP contribution is 2.36. The van der Waals surface area contributed by atoms with Crippen LogP contribution in [0.3, 0.4) is 0 Å². The molecule has 0 amide bonds. The van der Waals surface area contributed by atoms with E-state index in [1.54, 1.807) is 13.2 Å². The first kappa shape index (κ1) is 21.9. The normalized spacial score (nSPS) is 16.8. The quantitative estimate of drug-likeness (QED) is 0.777. The number of nitrogens with one attached hydrogen (secondary N) is 1. The van der Waals surface area contributed by atoms with Crippen LogP contribution < -0.4 is 14.8 Å². The minimum Gasteiger partial charge on any atom is -0.493 e. The van der Waals surface area contributed by atoms with Crippen molar-refractivity contribution in [3.63, 3.8) is 0 Å². The first-order chi connectivity index (χ1) is 11.4. The van der Waals surface area contributed by atoms with Crippen LogP contribution in [0.5, 0.6) is 11.5 Å². The second kappa shape index (κ2) is 10.1. The van der Waals surface area contributed by atoms with E-state index in [0.717, 1.165) is 31.7 Å². The van der Waals surface area contributed by atoms with Crippen LogP contribution in [-0.4, -0.2) is 51.0 Å². The fraction of sp³-hybridized carbons (Fsp3) is 0.647. The number of rotatable bonds is 7. The lowest BCUT2D eigenvalue weighted by Gasteiger charge is -2.35. The van der Waals surface area contributed by atoms with Gasteiger partial charge < -0.3 is 14.8 Å². The Hall–Kier alpha value is -1.18. The molecule has 1 fully saturated rings. The van der Waals surface area contributed by atoms with Gasteiger partial charge in [0.2, 0.25) is 0 Å². The molecule has 1 atom stereocenters. The molecule has 2 rings (SSSR count). The predicted octanol–water partition coefficient (Wildman–Crippen LogP) is 3.80. The highest BCUT2D eigenvalue weighted by Gasteiger charge is 2.31. The van der Waals surface area contributed by atoms with Crippen LogP contribution in [0.1, 0.15) is 31.4 Å². The summed E-state index contributed by atoms with van der Waals surface area (Å²) in [5.74, 6) is 1.17. The summed E-state index contributed by atoms with van der Waals surface area (Å²) in [6, 6.07) is 5.14. The molecule has 0 aliphatic carbocycles. The molecule has 0 radical (unpaired) electrons. The summed E-state index contributed by atoms with van der Waals surface area (Å²) in [7, 11) is 1.55. The molecule has 1 aromatic carbocycles. The topological polar surface area (TPSA) is 33.7 Å². The molecule has 25 heavy (non-hydrogen) atoms. The summed E-state index contributed by atoms with van der Waals surface area (Å²) in [6.07, 6.45) is -4.90. The summed E-state index contributed by atoms with van der Waals surface area (Å²) in [6.45, 7) is 5.38. The minimum atomic E-state index is -4.15. The summed E-state index contributed by atoms with van der Waals surface area (Å²) in [5, 5.41) is 3.23. The van der Waals surface area contributed by atoms with Crippen molar-refractivity contribution in [3.05, 3.63) is 23.8 Å². The number of hydrogen-bond donors (Lipinski definition) is 1. The zero-order valence-corrected chi connectivity index (χ0v) is 15.4. The average molecular weight is 383 g/mol. The van der Waals surface area contributed by atoms with Crippen LogP contribution >= 0.6 is 12.4 Å². The van der Waals surface area contributed by atoms with Gasteiger partial charge in [0.05, 0.1) is 13.7 Å². The van der Waals surface area contributed by atoms with Gasteiger partial charge >= 0.3 is 6.18 Å². The van der Waals surface area contributed by atoms with Crippen molar-refractivity contribution in [2.75, 3.05) is 39.9 Å². The predicted molar refractivity (Wildman–Crippen MR) is 93.9 cm³/mol. The molecule has 4 nitrogen and oxygen atoms in total. The molecule has 8 heteroatoms. The van der Waals surface area contributed by atoms with Crippen LogP contribution in [0.2, 0.25) is 0 Å². The molecule has 1 heterocycles. The van der Waals surface area contributed by atoms with Gasteiger partial charge in [-0.15, -0.1) is 12.4 Å². The molecule has 0 aromatic heterocycles. The molecule has 1 aliphatic rings. The lowest BCUT2D eigenvalue weighted by Crippen LogP contribution is -2.45. The van der Waals surface area contributed by atoms with E-state index in [1.165, 1.54) is 0 Å². The molecular weight excluding hydrogens is 357 g/mol. The molecule has 0 bridgehead atoms. The molecule has 1 saturated heterocycles. The van der Waals surface area contributed by atoms with Gasteiger partial charge in [-0.1, -0.05) is 6.07 Å². The van der Waals surface area contributed by atoms with Crippen molar-refractivity contribution in [1.82, 2.24) is 10.2 Å². The SMILES string of the molecule is CCOc1cc([C@H](CCC(F)(F)F)N2CCNCC2)ccc1OC.Cl. The largest absolute Gasteiger partial charge is 0.493 e. The summed E-state index contributed by atoms with van der Waals surface area (Å²) in [4.78, 5) is 2.11. The molecule has 1 aromatic rings. The van der Waals surface area contributed by atoms with Crippen molar-refractivity contribution < 1.29 is 22.6 Å². The third-order valence-electron chi connectivity index (χ3n) is 4.17. The zero-order chi connectivity index (χ0) is 17.6. The van der Waals surface area contributed by atoms with Crippen LogP contribution in [-0.2, 0) is 0 Å². The first-order valence-electron chi connectivity index (χ1n) is 8.27. The van der Waals surface area contributed by atoms with E-state index in [2.05, 4.69) is 10.2 Å². The molecule has 144 valence electrons. The smallest absolute Gasteiger partial charge is 0.389 e. The van der Waals surface area contributed by atoms with Gasteiger partial charge in [-0.2, -0.15) is 13.2 Å². The van der Waals surface area contributed by atoms with E-state index >= 15 is 0 Å². The maximum atomic E-state index is 12.7. The minimum absolute atomic E-state index is 0. The van der Waals surface area contributed by atoms with Crippen LogP contribution in [0, 0.1) is 0 Å². The Bertz CT molecular complexity index is 523. The number of hydrogen-bond acceptors (Lipinski definition) is 4. The molecule has 0 spiro atoms. The molecule has 1 N–H and O–H groups in total. The van der Waals surface area contributed by atoms with E-state index < -0.39 is 12.6 Å². The number of halogens is 4. The molecule has 1 aliphatic heterocycles. The van der Waals surface area contributed by atoms with Gasteiger partial charge in [-0.05, 0) is 31.0 Å². The van der Waals surface area contributed by atoms with Crippen molar-refractivity contribution in [2.24, 2.45) is 0 Å². The van der Waals surface area contributed by atoms with Gasteiger partial charge in [0, 0.05) is 38.6 Å². The van der Waals surface area contributed by atoms with Gasteiger partial charge in [0.25, 0.3) is 0 Å². The van der Waals surface area contributed by atoms with Gasteiger partial charge in [0.15, 0.2) is 11.5 Å². The van der Waals surface area contributed by atoms with Crippen LogP contribution in [0.25, 0.3) is 0 Å². The number of methoxy groups -OCH3 is 1. The Labute approximate surface area is 153 Å². The zero-order valence-electron chi connectivity index (χ0n) is 14.6.